The van der Waals surface area contributed by atoms with Gasteiger partial charge in [0.1, 0.15) is 13.1 Å². The number of carboxylic acids is 1. The molecule has 0 aliphatic heterocycles. The fourth-order valence-electron chi connectivity index (χ4n) is 1.97. The Labute approximate surface area is 118 Å². The predicted octanol–water partition coefficient (Wildman–Crippen LogP) is 0.0356. The lowest BCUT2D eigenvalue weighted by atomic mass is 10.4. The molecule has 0 unspecified atom stereocenters. The molecule has 0 spiro atoms. The summed E-state index contributed by atoms with van der Waals surface area (Å²) in [5.74, 6) is -1.99. The summed E-state index contributed by atoms with van der Waals surface area (Å²) in [5, 5.41) is 11.6. The third-order valence-electron chi connectivity index (χ3n) is 2.77. The highest BCUT2D eigenvalue weighted by molar-refractivity contribution is 7.15. The number of fused-ring (bicyclic) bond motifs is 1. The second kappa shape index (κ2) is 5.87. The molecule has 1 aliphatic rings. The van der Waals surface area contributed by atoms with E-state index in [0.717, 1.165) is 34.7 Å². The van der Waals surface area contributed by atoms with Gasteiger partial charge in [0.2, 0.25) is 5.91 Å². The molecule has 1 heterocycles. The minimum atomic E-state index is -1.22. The number of thiazole rings is 1. The monoisotopic (exact) mass is 298 g/mol. The van der Waals surface area contributed by atoms with Crippen molar-refractivity contribution in [3.05, 3.63) is 10.6 Å². The lowest BCUT2D eigenvalue weighted by Crippen LogP contribution is -2.43. The fourth-order valence-corrected chi connectivity index (χ4v) is 3.00. The van der Waals surface area contributed by atoms with Gasteiger partial charge in [0.05, 0.1) is 5.69 Å². The third-order valence-corrected chi connectivity index (χ3v) is 3.84. The molecule has 0 saturated heterocycles. The summed E-state index contributed by atoms with van der Waals surface area (Å²) in [6.07, 6.45) is 2.90. The largest absolute Gasteiger partial charge is 0.480 e. The van der Waals surface area contributed by atoms with Crippen molar-refractivity contribution in [2.24, 2.45) is 5.73 Å². The number of urea groups is 1. The minimum absolute atomic E-state index is 0.416. The molecule has 3 amide bonds. The normalized spacial score (nSPS) is 12.8. The zero-order chi connectivity index (χ0) is 14.7. The minimum Gasteiger partial charge on any atom is -0.480 e. The van der Waals surface area contributed by atoms with Crippen molar-refractivity contribution in [1.29, 1.82) is 0 Å². The maximum Gasteiger partial charge on any atom is 0.324 e. The Morgan fingerprint density at radius 1 is 1.35 bits per heavy atom. The Morgan fingerprint density at radius 3 is 2.70 bits per heavy atom. The standard InChI is InChI=1S/C11H14N4O4S/c12-8(16)4-15(5-9(17)18)11(19)14-10-13-6-2-1-3-7(6)20-10/h1-5H2,(H2,12,16)(H,17,18)(H,13,14,19). The van der Waals surface area contributed by atoms with Gasteiger partial charge in [0.15, 0.2) is 5.13 Å². The summed E-state index contributed by atoms with van der Waals surface area (Å²) in [6.45, 7) is -1.05. The molecule has 0 radical (unpaired) electrons. The molecule has 1 aliphatic carbocycles. The Balaban J connectivity index is 2.02. The number of anilines is 1. The van der Waals surface area contributed by atoms with Gasteiger partial charge in [0, 0.05) is 4.88 Å². The van der Waals surface area contributed by atoms with Gasteiger partial charge in [-0.2, -0.15) is 0 Å². The van der Waals surface area contributed by atoms with Crippen LogP contribution in [-0.2, 0) is 22.4 Å². The molecular formula is C11H14N4O4S. The highest BCUT2D eigenvalue weighted by Crippen LogP contribution is 2.30. The van der Waals surface area contributed by atoms with E-state index in [0.29, 0.717) is 5.13 Å². The lowest BCUT2D eigenvalue weighted by molar-refractivity contribution is -0.137. The molecule has 0 aromatic carbocycles. The van der Waals surface area contributed by atoms with E-state index in [1.807, 2.05) is 0 Å². The molecule has 4 N–H and O–H groups in total. The van der Waals surface area contributed by atoms with Crippen LogP contribution < -0.4 is 11.1 Å². The van der Waals surface area contributed by atoms with Gasteiger partial charge in [-0.15, -0.1) is 11.3 Å². The van der Waals surface area contributed by atoms with Crippen LogP contribution in [0.15, 0.2) is 0 Å². The van der Waals surface area contributed by atoms with Gasteiger partial charge in [-0.05, 0) is 19.3 Å². The second-order valence-corrected chi connectivity index (χ2v) is 5.47. The number of aryl methyl sites for hydroxylation is 2. The van der Waals surface area contributed by atoms with Crippen LogP contribution in [0.5, 0.6) is 0 Å². The van der Waals surface area contributed by atoms with Crippen LogP contribution in [0.4, 0.5) is 9.93 Å². The number of nitrogens with two attached hydrogens (primary N) is 1. The van der Waals surface area contributed by atoms with Gasteiger partial charge in [0.25, 0.3) is 0 Å². The summed E-state index contributed by atoms with van der Waals surface area (Å²) in [7, 11) is 0. The number of amides is 3. The van der Waals surface area contributed by atoms with E-state index >= 15 is 0 Å². The summed E-state index contributed by atoms with van der Waals surface area (Å²) in [4.78, 5) is 39.7. The third kappa shape index (κ3) is 3.44. The van der Waals surface area contributed by atoms with E-state index in [-0.39, 0.29) is 0 Å². The topological polar surface area (TPSA) is 126 Å². The Bertz CT molecular complexity index is 519. The zero-order valence-electron chi connectivity index (χ0n) is 10.6. The Kier molecular flexibility index (Phi) is 4.18. The molecule has 2 rings (SSSR count). The maximum absolute atomic E-state index is 11.9. The van der Waals surface area contributed by atoms with E-state index in [1.54, 1.807) is 0 Å². The zero-order valence-corrected chi connectivity index (χ0v) is 11.4. The summed E-state index contributed by atoms with van der Waals surface area (Å²) in [6, 6.07) is -0.696. The number of rotatable bonds is 5. The first-order chi connectivity index (χ1) is 9.45. The fraction of sp³-hybridized carbons (Fsp3) is 0.455. The van der Waals surface area contributed by atoms with Crippen molar-refractivity contribution in [2.45, 2.75) is 19.3 Å². The number of hydrogen-bond acceptors (Lipinski definition) is 5. The highest BCUT2D eigenvalue weighted by Gasteiger charge is 2.22. The first kappa shape index (κ1) is 14.3. The summed E-state index contributed by atoms with van der Waals surface area (Å²) >= 11 is 1.37. The van der Waals surface area contributed by atoms with Gasteiger partial charge in [-0.3, -0.25) is 14.9 Å². The average Bonchev–Trinajstić information content (AvgIpc) is 2.87. The molecule has 1 aromatic rings. The van der Waals surface area contributed by atoms with Crippen molar-refractivity contribution >= 4 is 34.4 Å². The van der Waals surface area contributed by atoms with Crippen LogP contribution in [0.3, 0.4) is 0 Å². The van der Waals surface area contributed by atoms with Crippen molar-refractivity contribution in [3.63, 3.8) is 0 Å². The van der Waals surface area contributed by atoms with Gasteiger partial charge >= 0.3 is 12.0 Å². The molecule has 0 atom stereocenters. The maximum atomic E-state index is 11.9. The summed E-state index contributed by atoms with van der Waals surface area (Å²) < 4.78 is 0. The Hall–Kier alpha value is -2.16. The number of carboxylic acid groups (broad SMARTS) is 1. The van der Waals surface area contributed by atoms with E-state index in [2.05, 4.69) is 10.3 Å². The molecule has 1 aromatic heterocycles. The molecule has 108 valence electrons. The van der Waals surface area contributed by atoms with Gasteiger partial charge < -0.3 is 15.7 Å². The van der Waals surface area contributed by atoms with Crippen LogP contribution in [0.2, 0.25) is 0 Å². The number of nitrogens with one attached hydrogen (secondary N) is 1. The number of aromatic nitrogens is 1. The molecule has 0 saturated carbocycles. The van der Waals surface area contributed by atoms with E-state index in [1.165, 1.54) is 11.3 Å². The first-order valence-corrected chi connectivity index (χ1v) is 6.82. The SMILES string of the molecule is NC(=O)CN(CC(=O)O)C(=O)Nc1nc2c(s1)CCC2. The van der Waals surface area contributed by atoms with Crippen molar-refractivity contribution < 1.29 is 19.5 Å². The van der Waals surface area contributed by atoms with E-state index in [9.17, 15) is 14.4 Å². The van der Waals surface area contributed by atoms with E-state index in [4.69, 9.17) is 10.8 Å². The van der Waals surface area contributed by atoms with Gasteiger partial charge in [-0.1, -0.05) is 0 Å². The van der Waals surface area contributed by atoms with Crippen molar-refractivity contribution in [2.75, 3.05) is 18.4 Å². The van der Waals surface area contributed by atoms with Crippen LogP contribution in [-0.4, -0.2) is 46.0 Å². The quantitative estimate of drug-likeness (QED) is 0.707. The lowest BCUT2D eigenvalue weighted by Gasteiger charge is -2.18. The average molecular weight is 298 g/mol. The Morgan fingerprint density at radius 2 is 2.10 bits per heavy atom. The molecule has 20 heavy (non-hydrogen) atoms. The van der Waals surface area contributed by atoms with Crippen LogP contribution in [0.25, 0.3) is 0 Å². The number of primary amides is 1. The number of nitrogens with zero attached hydrogens (tertiary/aromatic N) is 2. The number of carbonyl (C=O) groups is 3. The number of hydrogen-bond donors (Lipinski definition) is 3. The smallest absolute Gasteiger partial charge is 0.324 e. The van der Waals surface area contributed by atoms with Crippen LogP contribution in [0.1, 0.15) is 17.0 Å². The molecule has 9 heteroatoms. The van der Waals surface area contributed by atoms with Crippen molar-refractivity contribution in [1.82, 2.24) is 9.88 Å². The highest BCUT2D eigenvalue weighted by atomic mass is 32.1. The van der Waals surface area contributed by atoms with Crippen molar-refractivity contribution in [3.8, 4) is 0 Å². The number of carbonyl (C=O) groups excluding carboxylic acids is 2. The van der Waals surface area contributed by atoms with Gasteiger partial charge in [-0.25, -0.2) is 9.78 Å². The molecule has 8 nitrogen and oxygen atoms in total. The van der Waals surface area contributed by atoms with Crippen LogP contribution in [0, 0.1) is 0 Å². The summed E-state index contributed by atoms with van der Waals surface area (Å²) in [5.41, 5.74) is 5.97. The molecule has 0 bridgehead atoms. The first-order valence-electron chi connectivity index (χ1n) is 6.00. The predicted molar refractivity (Wildman–Crippen MR) is 71.6 cm³/mol. The van der Waals surface area contributed by atoms with Crippen LogP contribution >= 0.6 is 11.3 Å². The van der Waals surface area contributed by atoms with E-state index < -0.39 is 31.0 Å². The second-order valence-electron chi connectivity index (χ2n) is 4.39. The number of aliphatic carboxylic acids is 1. The molecule has 0 fully saturated rings. The molecular weight excluding hydrogens is 284 g/mol.